The van der Waals surface area contributed by atoms with E-state index in [9.17, 15) is 4.79 Å². The van der Waals surface area contributed by atoms with E-state index in [2.05, 4.69) is 37.9 Å². The minimum atomic E-state index is -0.935. The van der Waals surface area contributed by atoms with Crippen LogP contribution in [-0.2, 0) is 4.79 Å². The van der Waals surface area contributed by atoms with Crippen LogP contribution >= 0.6 is 0 Å². The van der Waals surface area contributed by atoms with Gasteiger partial charge in [0.2, 0.25) is 0 Å². The maximum absolute atomic E-state index is 9.60. The van der Waals surface area contributed by atoms with E-state index in [1.807, 2.05) is 31.2 Å². The summed E-state index contributed by atoms with van der Waals surface area (Å²) in [6.45, 7) is 13.3. The van der Waals surface area contributed by atoms with Gasteiger partial charge in [0.25, 0.3) is 0 Å². The minimum absolute atomic E-state index is 0.176. The molecular weight excluding hydrogens is 236 g/mol. The molecule has 0 unspecified atom stereocenters. The van der Waals surface area contributed by atoms with Crippen LogP contribution in [0, 0.1) is 0 Å². The maximum atomic E-state index is 9.60. The smallest absolute Gasteiger partial charge is 0.330 e. The second kappa shape index (κ2) is 13.7. The summed E-state index contributed by atoms with van der Waals surface area (Å²) in [4.78, 5) is 9.60. The fraction of sp³-hybridized carbons (Fsp3) is 0.118. The van der Waals surface area contributed by atoms with Crippen LogP contribution < -0.4 is 0 Å². The Morgan fingerprint density at radius 2 is 1.58 bits per heavy atom. The Morgan fingerprint density at radius 3 is 1.84 bits per heavy atom. The van der Waals surface area contributed by atoms with E-state index in [0.717, 1.165) is 0 Å². The summed E-state index contributed by atoms with van der Waals surface area (Å²) in [5.41, 5.74) is 1.44. The second-order valence-corrected chi connectivity index (χ2v) is 3.47. The van der Waals surface area contributed by atoms with Crippen molar-refractivity contribution in [1.82, 2.24) is 0 Å². The van der Waals surface area contributed by atoms with Crippen molar-refractivity contribution in [3.63, 3.8) is 0 Å². The summed E-state index contributed by atoms with van der Waals surface area (Å²) in [6, 6.07) is 10.3. The van der Waals surface area contributed by atoms with E-state index in [4.69, 9.17) is 5.11 Å². The number of rotatable bonds is 3. The first-order valence-electron chi connectivity index (χ1n) is 5.79. The molecule has 0 saturated carbocycles. The Bertz CT molecular complexity index is 396. The normalized spacial score (nSPS) is 8.32. The Morgan fingerprint density at radius 1 is 1.16 bits per heavy atom. The van der Waals surface area contributed by atoms with E-state index in [0.29, 0.717) is 0 Å². The molecule has 0 atom stereocenters. The van der Waals surface area contributed by atoms with Crippen molar-refractivity contribution in [3.8, 4) is 0 Å². The van der Waals surface area contributed by atoms with Gasteiger partial charge in [0.15, 0.2) is 0 Å². The van der Waals surface area contributed by atoms with Gasteiger partial charge in [0.05, 0.1) is 0 Å². The summed E-state index contributed by atoms with van der Waals surface area (Å²) in [7, 11) is 0. The van der Waals surface area contributed by atoms with Crippen molar-refractivity contribution in [2.45, 2.75) is 13.8 Å². The van der Waals surface area contributed by atoms with E-state index < -0.39 is 5.97 Å². The van der Waals surface area contributed by atoms with Gasteiger partial charge in [-0.1, -0.05) is 74.4 Å². The van der Waals surface area contributed by atoms with Crippen molar-refractivity contribution in [1.29, 1.82) is 0 Å². The summed E-state index contributed by atoms with van der Waals surface area (Å²) in [6.07, 6.45) is 7.40. The molecule has 1 rings (SSSR count). The van der Waals surface area contributed by atoms with Crippen molar-refractivity contribution >= 4 is 12.0 Å². The van der Waals surface area contributed by atoms with E-state index in [-0.39, 0.29) is 5.57 Å². The number of hydrogen-bond donors (Lipinski definition) is 1. The Labute approximate surface area is 116 Å². The molecule has 2 nitrogen and oxygen atoms in total. The molecule has 0 heterocycles. The molecule has 19 heavy (non-hydrogen) atoms. The largest absolute Gasteiger partial charge is 0.478 e. The highest BCUT2D eigenvalue weighted by molar-refractivity contribution is 5.84. The van der Waals surface area contributed by atoms with Crippen LogP contribution in [0.5, 0.6) is 0 Å². The molecular formula is C17H22O2. The Kier molecular flexibility index (Phi) is 13.7. The Hall–Kier alpha value is -2.35. The minimum Gasteiger partial charge on any atom is -0.478 e. The number of carbonyl (C=O) groups is 1. The van der Waals surface area contributed by atoms with Gasteiger partial charge in [0.1, 0.15) is 0 Å². The predicted molar refractivity (Wildman–Crippen MR) is 84.0 cm³/mol. The van der Waals surface area contributed by atoms with Gasteiger partial charge in [-0.3, -0.25) is 0 Å². The first-order valence-corrected chi connectivity index (χ1v) is 5.79. The van der Waals surface area contributed by atoms with Gasteiger partial charge in [-0.2, -0.15) is 0 Å². The van der Waals surface area contributed by atoms with Crippen molar-refractivity contribution in [2.75, 3.05) is 0 Å². The predicted octanol–water partition coefficient (Wildman–Crippen LogP) is 4.73. The summed E-state index contributed by atoms with van der Waals surface area (Å²) in [5, 5.41) is 7.89. The highest BCUT2D eigenvalue weighted by Gasteiger charge is 1.90. The Balaban J connectivity index is 0. The van der Waals surface area contributed by atoms with Crippen LogP contribution in [-0.4, -0.2) is 11.1 Å². The van der Waals surface area contributed by atoms with Gasteiger partial charge >= 0.3 is 5.97 Å². The molecule has 0 radical (unpaired) electrons. The van der Waals surface area contributed by atoms with Crippen LogP contribution in [0.2, 0.25) is 0 Å². The molecule has 0 bridgehead atoms. The van der Waals surface area contributed by atoms with Crippen molar-refractivity contribution < 1.29 is 9.90 Å². The number of carboxylic acids is 1. The van der Waals surface area contributed by atoms with Gasteiger partial charge in [0, 0.05) is 5.57 Å². The number of carboxylic acid groups (broad SMARTS) is 1. The van der Waals surface area contributed by atoms with Crippen LogP contribution in [0.3, 0.4) is 0 Å². The van der Waals surface area contributed by atoms with Crippen LogP contribution in [0.1, 0.15) is 19.4 Å². The number of benzene rings is 1. The first kappa shape index (κ1) is 19.0. The molecule has 1 aromatic carbocycles. The molecule has 0 aromatic heterocycles. The SMILES string of the molecule is C=C(C)C(=O)O.C=CC=C.CC=Cc1ccccc1. The lowest BCUT2D eigenvalue weighted by Gasteiger charge is -1.86. The summed E-state index contributed by atoms with van der Waals surface area (Å²) >= 11 is 0. The fourth-order valence-corrected chi connectivity index (χ4v) is 0.757. The quantitative estimate of drug-likeness (QED) is 0.629. The molecule has 0 amide bonds. The second-order valence-electron chi connectivity index (χ2n) is 3.47. The average Bonchev–Trinajstić information content (AvgIpc) is 2.41. The number of aliphatic carboxylic acids is 1. The molecule has 0 aliphatic carbocycles. The van der Waals surface area contributed by atoms with E-state index >= 15 is 0 Å². The van der Waals surface area contributed by atoms with Crippen LogP contribution in [0.4, 0.5) is 0 Å². The topological polar surface area (TPSA) is 37.3 Å². The molecule has 102 valence electrons. The molecule has 1 aromatic rings. The lowest BCUT2D eigenvalue weighted by Crippen LogP contribution is -1.92. The standard InChI is InChI=1S/C9H10.C4H6O2.C4H6/c1-2-6-9-7-4-3-5-8-9;1-3(2)4(5)6;1-3-4-2/h2-8H,1H3;1H2,2H3,(H,5,6);3-4H,1-2H2. The molecule has 0 saturated heterocycles. The molecule has 0 fully saturated rings. The van der Waals surface area contributed by atoms with Crippen LogP contribution in [0.25, 0.3) is 6.08 Å². The summed E-state index contributed by atoms with van der Waals surface area (Å²) in [5.74, 6) is -0.935. The van der Waals surface area contributed by atoms with E-state index in [1.54, 1.807) is 12.2 Å². The third-order valence-electron chi connectivity index (χ3n) is 1.69. The number of allylic oxidation sites excluding steroid dienone is 3. The maximum Gasteiger partial charge on any atom is 0.330 e. The van der Waals surface area contributed by atoms with E-state index in [1.165, 1.54) is 12.5 Å². The highest BCUT2D eigenvalue weighted by Crippen LogP contribution is 1.99. The third-order valence-corrected chi connectivity index (χ3v) is 1.69. The average molecular weight is 258 g/mol. The van der Waals surface area contributed by atoms with Gasteiger partial charge < -0.3 is 5.11 Å². The lowest BCUT2D eigenvalue weighted by atomic mass is 10.2. The molecule has 1 N–H and O–H groups in total. The zero-order chi connectivity index (χ0) is 15.1. The highest BCUT2D eigenvalue weighted by atomic mass is 16.4. The van der Waals surface area contributed by atoms with Crippen LogP contribution in [0.15, 0.2) is 73.9 Å². The van der Waals surface area contributed by atoms with Crippen molar-refractivity contribution in [3.05, 3.63) is 79.4 Å². The molecule has 2 heteroatoms. The lowest BCUT2D eigenvalue weighted by molar-refractivity contribution is -0.132. The number of hydrogen-bond acceptors (Lipinski definition) is 1. The molecule has 0 spiro atoms. The summed E-state index contributed by atoms with van der Waals surface area (Å²) < 4.78 is 0. The van der Waals surface area contributed by atoms with Gasteiger partial charge in [-0.05, 0) is 19.4 Å². The zero-order valence-electron chi connectivity index (χ0n) is 11.7. The monoisotopic (exact) mass is 258 g/mol. The molecule has 0 aliphatic rings. The van der Waals surface area contributed by atoms with Crippen molar-refractivity contribution in [2.24, 2.45) is 0 Å². The first-order chi connectivity index (χ1) is 8.99. The zero-order valence-corrected chi connectivity index (χ0v) is 11.7. The molecule has 0 aliphatic heterocycles. The fourth-order valence-electron chi connectivity index (χ4n) is 0.757. The third kappa shape index (κ3) is 15.7. The van der Waals surface area contributed by atoms with Gasteiger partial charge in [-0.25, -0.2) is 4.79 Å². The van der Waals surface area contributed by atoms with Gasteiger partial charge in [-0.15, -0.1) is 0 Å².